The summed E-state index contributed by atoms with van der Waals surface area (Å²) in [7, 11) is -4.21. The molecule has 0 aliphatic carbocycles. The predicted molar refractivity (Wildman–Crippen MR) is 157 cm³/mol. The number of carboxylic acids is 1. The molecule has 42 heavy (non-hydrogen) atoms. The third kappa shape index (κ3) is 6.69. The monoisotopic (exact) mass is 592 g/mol. The molecule has 1 aromatic heterocycles. The quantitative estimate of drug-likeness (QED) is 0.274. The summed E-state index contributed by atoms with van der Waals surface area (Å²) < 4.78 is 29.7. The van der Waals surface area contributed by atoms with Crippen molar-refractivity contribution in [1.29, 1.82) is 5.26 Å². The Labute approximate surface area is 245 Å². The van der Waals surface area contributed by atoms with E-state index in [2.05, 4.69) is 17.2 Å². The van der Waals surface area contributed by atoms with Gasteiger partial charge in [0, 0.05) is 18.7 Å². The Hall–Kier alpha value is -4.50. The van der Waals surface area contributed by atoms with Gasteiger partial charge in [0.05, 0.1) is 11.7 Å². The summed E-state index contributed by atoms with van der Waals surface area (Å²) in [6.07, 6.45) is 3.56. The zero-order chi connectivity index (χ0) is 31.0. The van der Waals surface area contributed by atoms with Crippen LogP contribution in [0.3, 0.4) is 0 Å². The van der Waals surface area contributed by atoms with E-state index in [-0.39, 0.29) is 57.7 Å². The standard InChI is InChI=1S/C30H35N5O6S/c1-5-8-11-21(6-2)19-34-28(36)24(18-31)20(4)27(29(34)37)33-32-25-12-9-10-13-26(25)42(40,41)35(7-3)23-16-14-22(15-17-23)30(38)39/h9-10,12-17,21,36H,5-8,11,19H2,1-4H3,(H,38,39)/p-1. The summed E-state index contributed by atoms with van der Waals surface area (Å²) in [5.41, 5.74) is -0.688. The molecule has 0 saturated carbocycles. The van der Waals surface area contributed by atoms with Gasteiger partial charge in [-0.05, 0) is 56.0 Å². The number of aromatic carboxylic acids is 1. The van der Waals surface area contributed by atoms with Crippen LogP contribution < -0.4 is 15.0 Å². The molecule has 1 unspecified atom stereocenters. The molecule has 0 spiro atoms. The lowest BCUT2D eigenvalue weighted by atomic mass is 9.99. The van der Waals surface area contributed by atoms with Gasteiger partial charge >= 0.3 is 0 Å². The van der Waals surface area contributed by atoms with Crippen molar-refractivity contribution in [2.45, 2.75) is 64.8 Å². The van der Waals surface area contributed by atoms with Crippen molar-refractivity contribution in [3.8, 4) is 11.9 Å². The highest BCUT2D eigenvalue weighted by Gasteiger charge is 2.27. The highest BCUT2D eigenvalue weighted by Crippen LogP contribution is 2.33. The number of rotatable bonds is 13. The first kappa shape index (κ1) is 32.0. The van der Waals surface area contributed by atoms with Gasteiger partial charge in [-0.15, -0.1) is 10.2 Å². The van der Waals surface area contributed by atoms with Crippen molar-refractivity contribution < 1.29 is 23.4 Å². The molecule has 1 heterocycles. The third-order valence-corrected chi connectivity index (χ3v) is 9.07. The van der Waals surface area contributed by atoms with E-state index in [0.29, 0.717) is 0 Å². The fourth-order valence-corrected chi connectivity index (χ4v) is 6.24. The molecule has 12 heteroatoms. The number of unbranched alkanes of at least 4 members (excludes halogenated alkanes) is 1. The number of benzene rings is 2. The maximum absolute atomic E-state index is 13.7. The lowest BCUT2D eigenvalue weighted by molar-refractivity contribution is -0.255. The minimum absolute atomic E-state index is 0.0302. The molecule has 3 rings (SSSR count). The van der Waals surface area contributed by atoms with Crippen molar-refractivity contribution in [3.63, 3.8) is 0 Å². The van der Waals surface area contributed by atoms with Crippen molar-refractivity contribution in [1.82, 2.24) is 4.57 Å². The van der Waals surface area contributed by atoms with Gasteiger partial charge < -0.3 is 15.0 Å². The smallest absolute Gasteiger partial charge is 0.281 e. The molecule has 1 N–H and O–H groups in total. The maximum atomic E-state index is 13.7. The van der Waals surface area contributed by atoms with E-state index < -0.39 is 27.4 Å². The maximum Gasteiger partial charge on any atom is 0.281 e. The molecule has 222 valence electrons. The molecular weight excluding hydrogens is 558 g/mol. The minimum atomic E-state index is -4.21. The molecule has 0 fully saturated rings. The Morgan fingerprint density at radius 1 is 1.12 bits per heavy atom. The predicted octanol–water partition coefficient (Wildman–Crippen LogP) is 4.94. The Morgan fingerprint density at radius 2 is 1.79 bits per heavy atom. The van der Waals surface area contributed by atoms with Crippen LogP contribution in [0.1, 0.15) is 67.9 Å². The van der Waals surface area contributed by atoms with Crippen LogP contribution in [-0.2, 0) is 16.6 Å². The number of carboxylic acid groups (broad SMARTS) is 1. The first-order chi connectivity index (χ1) is 20.0. The van der Waals surface area contributed by atoms with Gasteiger partial charge in [-0.2, -0.15) is 5.26 Å². The lowest BCUT2D eigenvalue weighted by Gasteiger charge is -2.23. The molecule has 0 aliphatic heterocycles. The van der Waals surface area contributed by atoms with Gasteiger partial charge in [0.2, 0.25) is 5.88 Å². The average molecular weight is 593 g/mol. The molecule has 3 aromatic rings. The normalized spacial score (nSPS) is 12.3. The van der Waals surface area contributed by atoms with Crippen LogP contribution in [0.5, 0.6) is 5.88 Å². The van der Waals surface area contributed by atoms with E-state index in [1.54, 1.807) is 13.0 Å². The molecule has 0 radical (unpaired) electrons. The molecule has 1 atom stereocenters. The second-order valence-corrected chi connectivity index (χ2v) is 11.6. The second-order valence-electron chi connectivity index (χ2n) is 9.79. The number of aromatic hydroxyl groups is 1. The minimum Gasteiger partial charge on any atom is -0.545 e. The zero-order valence-electron chi connectivity index (χ0n) is 24.1. The molecular formula is C30H34N5O6S-. The van der Waals surface area contributed by atoms with Crippen LogP contribution in [0.4, 0.5) is 17.1 Å². The van der Waals surface area contributed by atoms with Gasteiger partial charge in [0.15, 0.2) is 5.69 Å². The number of nitrogens with zero attached hydrogens (tertiary/aromatic N) is 5. The number of pyridine rings is 1. The molecule has 0 amide bonds. The van der Waals surface area contributed by atoms with Gasteiger partial charge in [0.1, 0.15) is 22.2 Å². The number of anilines is 1. The third-order valence-electron chi connectivity index (χ3n) is 7.12. The lowest BCUT2D eigenvalue weighted by Crippen LogP contribution is -2.31. The van der Waals surface area contributed by atoms with Crippen LogP contribution in [-0.4, -0.2) is 30.6 Å². The first-order valence-electron chi connectivity index (χ1n) is 13.7. The molecule has 0 aliphatic rings. The molecule has 2 aromatic carbocycles. The van der Waals surface area contributed by atoms with Gasteiger partial charge in [-0.3, -0.25) is 13.7 Å². The Morgan fingerprint density at radius 3 is 2.36 bits per heavy atom. The van der Waals surface area contributed by atoms with E-state index in [1.165, 1.54) is 49.4 Å². The SMILES string of the molecule is CCCCC(CC)Cn1c(O)c(C#N)c(C)c(N=Nc2ccccc2S(=O)(=O)N(CC)c2ccc(C(=O)[O-])cc2)c1=O. The number of aromatic nitrogens is 1. The molecule has 0 saturated heterocycles. The van der Waals surface area contributed by atoms with E-state index >= 15 is 0 Å². The van der Waals surface area contributed by atoms with Crippen molar-refractivity contribution >= 4 is 33.1 Å². The van der Waals surface area contributed by atoms with Crippen LogP contribution in [0, 0.1) is 24.2 Å². The van der Waals surface area contributed by atoms with Crippen molar-refractivity contribution in [2.24, 2.45) is 16.1 Å². The van der Waals surface area contributed by atoms with Crippen molar-refractivity contribution in [3.05, 3.63) is 75.6 Å². The van der Waals surface area contributed by atoms with Gasteiger partial charge in [-0.1, -0.05) is 57.4 Å². The fraction of sp³-hybridized carbons (Fsp3) is 0.367. The highest BCUT2D eigenvalue weighted by atomic mass is 32.2. The van der Waals surface area contributed by atoms with Crippen LogP contribution in [0.2, 0.25) is 0 Å². The number of hydrogen-bond acceptors (Lipinski definition) is 9. The summed E-state index contributed by atoms with van der Waals surface area (Å²) >= 11 is 0. The Balaban J connectivity index is 2.09. The van der Waals surface area contributed by atoms with E-state index in [4.69, 9.17) is 0 Å². The largest absolute Gasteiger partial charge is 0.545 e. The summed E-state index contributed by atoms with van der Waals surface area (Å²) in [4.78, 5) is 24.4. The highest BCUT2D eigenvalue weighted by molar-refractivity contribution is 7.93. The second kappa shape index (κ2) is 13.9. The average Bonchev–Trinajstić information content (AvgIpc) is 2.97. The van der Waals surface area contributed by atoms with Crippen LogP contribution >= 0.6 is 0 Å². The number of nitriles is 1. The summed E-state index contributed by atoms with van der Waals surface area (Å²) in [6, 6.07) is 13.1. The Kier molecular flexibility index (Phi) is 10.6. The summed E-state index contributed by atoms with van der Waals surface area (Å²) in [5, 5.41) is 39.9. The van der Waals surface area contributed by atoms with Crippen LogP contribution in [0.15, 0.2) is 68.4 Å². The first-order valence-corrected chi connectivity index (χ1v) is 15.2. The van der Waals surface area contributed by atoms with Crippen molar-refractivity contribution in [2.75, 3.05) is 10.8 Å². The molecule has 11 nitrogen and oxygen atoms in total. The summed E-state index contributed by atoms with van der Waals surface area (Å²) in [5.74, 6) is -1.72. The topological polar surface area (TPSA) is 168 Å². The summed E-state index contributed by atoms with van der Waals surface area (Å²) in [6.45, 7) is 7.40. The van der Waals surface area contributed by atoms with Gasteiger partial charge in [-0.25, -0.2) is 8.42 Å². The van der Waals surface area contributed by atoms with Gasteiger partial charge in [0.25, 0.3) is 15.6 Å². The molecule has 0 bridgehead atoms. The van der Waals surface area contributed by atoms with E-state index in [0.717, 1.165) is 34.6 Å². The van der Waals surface area contributed by atoms with E-state index in [1.807, 2.05) is 13.0 Å². The number of azo groups is 1. The number of sulfonamides is 1. The van der Waals surface area contributed by atoms with Crippen LogP contribution in [0.25, 0.3) is 0 Å². The zero-order valence-corrected chi connectivity index (χ0v) is 24.9. The Bertz CT molecular complexity index is 1670. The van der Waals surface area contributed by atoms with E-state index in [9.17, 15) is 33.5 Å². The number of carbonyl (C=O) groups is 1. The number of hydrogen-bond donors (Lipinski definition) is 1. The number of carbonyl (C=O) groups excluding carboxylic acids is 1. The fourth-order valence-electron chi connectivity index (χ4n) is 4.64.